The molecule has 1 aliphatic heterocycles. The molecule has 0 unspecified atom stereocenters. The maximum absolute atomic E-state index is 13.4. The van der Waals surface area contributed by atoms with Gasteiger partial charge in [-0.25, -0.2) is 0 Å². The van der Waals surface area contributed by atoms with Gasteiger partial charge in [-0.1, -0.05) is 73.5 Å². The van der Waals surface area contributed by atoms with E-state index in [9.17, 15) is 26.3 Å². The average Bonchev–Trinajstić information content (AvgIpc) is 3.24. The molecule has 250 valence electrons. The molecule has 3 aliphatic rings. The van der Waals surface area contributed by atoms with Gasteiger partial charge in [0.25, 0.3) is 0 Å². The first-order valence-electron chi connectivity index (χ1n) is 16.4. The first-order valence-corrected chi connectivity index (χ1v) is 16.8. The number of hydrogen-bond acceptors (Lipinski definition) is 2. The van der Waals surface area contributed by atoms with Crippen LogP contribution in [0.4, 0.5) is 32.0 Å². The molecular formula is C38H35F6N3S. The summed E-state index contributed by atoms with van der Waals surface area (Å²) in [5, 5.41) is 8.17. The van der Waals surface area contributed by atoms with Crippen molar-refractivity contribution in [3.63, 3.8) is 0 Å². The van der Waals surface area contributed by atoms with Gasteiger partial charge in [-0.15, -0.1) is 0 Å². The maximum atomic E-state index is 13.4. The van der Waals surface area contributed by atoms with Crippen molar-refractivity contribution in [1.82, 2.24) is 10.2 Å². The molecule has 2 atom stereocenters. The maximum Gasteiger partial charge on any atom is 0.416 e. The van der Waals surface area contributed by atoms with Crippen molar-refractivity contribution >= 4 is 39.9 Å². The summed E-state index contributed by atoms with van der Waals surface area (Å²) in [5.41, 5.74) is 4.79. The number of anilines is 1. The number of nitrogens with zero attached hydrogens (tertiary/aromatic N) is 1. The standard InChI is InChI=1S/C38H35F6N3S/c39-37(40,41)28-17-29(38(42,43)44)19-30(18-28)46-36(48)45-20-25-9-3-6-12-33(25)47-21-26-15-13-23-7-1-4-10-31(23)34(26)35-27(22-47)16-14-24-8-2-5-11-32(24)35/h1-2,4,7-8,10,13-19,25,33H,3,5-6,9,11-12,20-22H2,(H2,45,46,48)/t25-,33+/m0/s1. The van der Waals surface area contributed by atoms with Crippen LogP contribution >= 0.6 is 12.2 Å². The number of allylic oxidation sites excluding steroid dienone is 1. The molecule has 0 aromatic heterocycles. The molecule has 1 saturated carbocycles. The van der Waals surface area contributed by atoms with E-state index in [-0.39, 0.29) is 28.8 Å². The molecule has 2 aliphatic carbocycles. The lowest BCUT2D eigenvalue weighted by molar-refractivity contribution is -0.143. The van der Waals surface area contributed by atoms with E-state index < -0.39 is 23.5 Å². The zero-order valence-corrected chi connectivity index (χ0v) is 27.0. The van der Waals surface area contributed by atoms with Crippen LogP contribution in [0.2, 0.25) is 0 Å². The van der Waals surface area contributed by atoms with E-state index in [4.69, 9.17) is 12.2 Å². The monoisotopic (exact) mass is 679 g/mol. The smallest absolute Gasteiger partial charge is 0.362 e. The number of rotatable bonds is 4. The van der Waals surface area contributed by atoms with Crippen molar-refractivity contribution in [2.75, 3.05) is 11.9 Å². The number of thiocarbonyl (C=S) groups is 1. The Morgan fingerprint density at radius 2 is 1.50 bits per heavy atom. The predicted octanol–water partition coefficient (Wildman–Crippen LogP) is 10.4. The van der Waals surface area contributed by atoms with Crippen LogP contribution in [0.1, 0.15) is 65.5 Å². The van der Waals surface area contributed by atoms with Crippen molar-refractivity contribution in [2.45, 2.75) is 70.0 Å². The molecule has 0 bridgehead atoms. The summed E-state index contributed by atoms with van der Waals surface area (Å²) < 4.78 is 80.4. The normalized spacial score (nSPS) is 19.6. The van der Waals surface area contributed by atoms with E-state index in [1.807, 2.05) is 0 Å². The molecule has 3 nitrogen and oxygen atoms in total. The third-order valence-electron chi connectivity index (χ3n) is 10.0. The van der Waals surface area contributed by atoms with E-state index in [1.165, 1.54) is 44.2 Å². The lowest BCUT2D eigenvalue weighted by atomic mass is 9.83. The Morgan fingerprint density at radius 1 is 0.812 bits per heavy atom. The average molecular weight is 680 g/mol. The van der Waals surface area contributed by atoms with Crippen molar-refractivity contribution in [2.24, 2.45) is 5.92 Å². The minimum Gasteiger partial charge on any atom is -0.362 e. The molecule has 0 radical (unpaired) electrons. The number of nitrogens with one attached hydrogen (secondary N) is 2. The van der Waals surface area contributed by atoms with Gasteiger partial charge >= 0.3 is 12.4 Å². The predicted molar refractivity (Wildman–Crippen MR) is 182 cm³/mol. The molecule has 48 heavy (non-hydrogen) atoms. The second-order valence-electron chi connectivity index (χ2n) is 13.1. The Morgan fingerprint density at radius 3 is 2.25 bits per heavy atom. The Hall–Kier alpha value is -3.89. The lowest BCUT2D eigenvalue weighted by Gasteiger charge is -2.40. The highest BCUT2D eigenvalue weighted by Gasteiger charge is 2.37. The molecule has 7 rings (SSSR count). The zero-order valence-electron chi connectivity index (χ0n) is 26.1. The summed E-state index contributed by atoms with van der Waals surface area (Å²) in [7, 11) is 0. The number of hydrogen-bond donors (Lipinski definition) is 2. The van der Waals surface area contributed by atoms with Gasteiger partial charge in [0.1, 0.15) is 0 Å². The summed E-state index contributed by atoms with van der Waals surface area (Å²) in [6.45, 7) is 2.00. The Bertz CT molecular complexity index is 1860. The van der Waals surface area contributed by atoms with Gasteiger partial charge in [0, 0.05) is 31.4 Å². The Labute approximate surface area is 281 Å². The van der Waals surface area contributed by atoms with Gasteiger partial charge in [0.2, 0.25) is 0 Å². The minimum absolute atomic E-state index is 0.00974. The first-order chi connectivity index (χ1) is 23.0. The fraction of sp³-hybridized carbons (Fsp3) is 0.342. The van der Waals surface area contributed by atoms with Gasteiger partial charge in [-0.3, -0.25) is 4.90 Å². The lowest BCUT2D eigenvalue weighted by Crippen LogP contribution is -2.46. The van der Waals surface area contributed by atoms with Crippen LogP contribution in [-0.2, 0) is 31.9 Å². The molecule has 1 heterocycles. The Kier molecular flexibility index (Phi) is 8.74. The topological polar surface area (TPSA) is 27.3 Å². The van der Waals surface area contributed by atoms with Crippen LogP contribution in [0.5, 0.6) is 0 Å². The zero-order chi connectivity index (χ0) is 33.6. The quantitative estimate of drug-likeness (QED) is 0.166. The first kappa shape index (κ1) is 32.6. The third kappa shape index (κ3) is 6.57. The van der Waals surface area contributed by atoms with Crippen LogP contribution in [0.3, 0.4) is 0 Å². The number of fused-ring (bicyclic) bond motifs is 7. The summed E-state index contributed by atoms with van der Waals surface area (Å²) in [6, 6.07) is 19.1. The molecular weight excluding hydrogens is 644 g/mol. The van der Waals surface area contributed by atoms with Gasteiger partial charge in [0.05, 0.1) is 11.1 Å². The third-order valence-corrected chi connectivity index (χ3v) is 10.3. The van der Waals surface area contributed by atoms with E-state index in [0.29, 0.717) is 18.7 Å². The number of halogens is 6. The fourth-order valence-electron chi connectivity index (χ4n) is 7.82. The molecule has 4 aromatic rings. The Balaban J connectivity index is 1.15. The second kappa shape index (κ2) is 12.9. The molecule has 4 aromatic carbocycles. The summed E-state index contributed by atoms with van der Waals surface area (Å²) >= 11 is 5.40. The number of alkyl halides is 6. The number of benzene rings is 4. The highest BCUT2D eigenvalue weighted by molar-refractivity contribution is 7.80. The van der Waals surface area contributed by atoms with Crippen LogP contribution in [0.15, 0.2) is 72.8 Å². The molecule has 2 N–H and O–H groups in total. The van der Waals surface area contributed by atoms with Crippen LogP contribution in [0.25, 0.3) is 28.0 Å². The van der Waals surface area contributed by atoms with Gasteiger partial charge in [0.15, 0.2) is 5.11 Å². The highest BCUT2D eigenvalue weighted by atomic mass is 32.1. The second-order valence-corrected chi connectivity index (χ2v) is 13.5. The van der Waals surface area contributed by atoms with E-state index in [0.717, 1.165) is 51.6 Å². The molecule has 1 fully saturated rings. The van der Waals surface area contributed by atoms with Crippen molar-refractivity contribution in [1.29, 1.82) is 0 Å². The summed E-state index contributed by atoms with van der Waals surface area (Å²) in [5.74, 6) is 0.178. The van der Waals surface area contributed by atoms with Crippen molar-refractivity contribution in [3.8, 4) is 11.1 Å². The molecule has 0 saturated heterocycles. The van der Waals surface area contributed by atoms with E-state index >= 15 is 0 Å². The van der Waals surface area contributed by atoms with E-state index in [2.05, 4.69) is 76.2 Å². The van der Waals surface area contributed by atoms with Gasteiger partial charge in [-0.2, -0.15) is 26.3 Å². The van der Waals surface area contributed by atoms with Gasteiger partial charge in [-0.05, 0) is 106 Å². The van der Waals surface area contributed by atoms with Crippen LogP contribution in [0, 0.1) is 5.92 Å². The molecule has 0 spiro atoms. The van der Waals surface area contributed by atoms with Crippen molar-refractivity contribution in [3.05, 3.63) is 106 Å². The van der Waals surface area contributed by atoms with E-state index in [1.54, 1.807) is 0 Å². The van der Waals surface area contributed by atoms with Gasteiger partial charge < -0.3 is 10.6 Å². The fourth-order valence-corrected chi connectivity index (χ4v) is 8.03. The SMILES string of the molecule is FC(F)(F)c1cc(NC(=S)NC[C@@H]2CCCC[C@H]2N2Cc3ccc4c(c3-c3c(ccc5ccccc35)C2)CCC=C4)cc(C(F)(F)F)c1. The van der Waals surface area contributed by atoms with Crippen molar-refractivity contribution < 1.29 is 26.3 Å². The minimum atomic E-state index is -4.94. The molecule has 10 heteroatoms. The summed E-state index contributed by atoms with van der Waals surface area (Å²) in [4.78, 5) is 2.56. The molecule has 0 amide bonds. The largest absolute Gasteiger partial charge is 0.416 e. The van der Waals surface area contributed by atoms with Crippen LogP contribution in [-0.4, -0.2) is 22.6 Å². The highest BCUT2D eigenvalue weighted by Crippen LogP contribution is 2.44. The van der Waals surface area contributed by atoms with Crippen LogP contribution < -0.4 is 10.6 Å². The summed E-state index contributed by atoms with van der Waals surface area (Å²) in [6.07, 6.45) is 0.645.